The van der Waals surface area contributed by atoms with Crippen molar-refractivity contribution in [2.75, 3.05) is 4.90 Å². The highest BCUT2D eigenvalue weighted by Crippen LogP contribution is 2.43. The van der Waals surface area contributed by atoms with Gasteiger partial charge < -0.3 is 5.11 Å². The van der Waals surface area contributed by atoms with Crippen LogP contribution in [0, 0.1) is 24.0 Å². The molecule has 1 N–H and O–H groups in total. The summed E-state index contributed by atoms with van der Waals surface area (Å²) in [5.74, 6) is -2.05. The molecule has 10 heteroatoms. The van der Waals surface area contributed by atoms with Crippen molar-refractivity contribution < 1.29 is 19.6 Å². The van der Waals surface area contributed by atoms with Gasteiger partial charge in [0.1, 0.15) is 10.8 Å². The second kappa shape index (κ2) is 7.73. The highest BCUT2D eigenvalue weighted by molar-refractivity contribution is 7.15. The van der Waals surface area contributed by atoms with Crippen molar-refractivity contribution in [2.24, 2.45) is 0 Å². The third kappa shape index (κ3) is 3.57. The molecule has 2 aromatic carbocycles. The van der Waals surface area contributed by atoms with E-state index in [0.717, 1.165) is 16.9 Å². The zero-order chi connectivity index (χ0) is 22.3. The number of non-ortho nitro benzene ring substituents is 1. The van der Waals surface area contributed by atoms with Crippen LogP contribution in [0.2, 0.25) is 0 Å². The van der Waals surface area contributed by atoms with E-state index < -0.39 is 22.7 Å². The number of Topliss-reactive ketones (excluding diaryl/α,β-unsaturated/α-hetero) is 1. The van der Waals surface area contributed by atoms with Gasteiger partial charge in [0.2, 0.25) is 5.13 Å². The molecule has 156 valence electrons. The Balaban J connectivity index is 1.92. The lowest BCUT2D eigenvalue weighted by Crippen LogP contribution is -2.29. The molecule has 0 saturated carbocycles. The number of nitro benzene ring substituents is 1. The Hall–Kier alpha value is -3.92. The van der Waals surface area contributed by atoms with Gasteiger partial charge in [-0.2, -0.15) is 0 Å². The fourth-order valence-electron chi connectivity index (χ4n) is 3.37. The number of rotatable bonds is 4. The molecule has 9 nitrogen and oxygen atoms in total. The van der Waals surface area contributed by atoms with Crippen LogP contribution in [0.15, 0.2) is 54.1 Å². The summed E-state index contributed by atoms with van der Waals surface area (Å²) in [6.07, 6.45) is 0. The van der Waals surface area contributed by atoms with E-state index in [-0.39, 0.29) is 22.2 Å². The smallest absolute Gasteiger partial charge is 0.301 e. The van der Waals surface area contributed by atoms with Crippen molar-refractivity contribution in [3.8, 4) is 0 Å². The Morgan fingerprint density at radius 3 is 2.26 bits per heavy atom. The fourth-order valence-corrected chi connectivity index (χ4v) is 4.09. The molecule has 0 aliphatic carbocycles. The molecule has 1 aromatic heterocycles. The first-order valence-electron chi connectivity index (χ1n) is 9.20. The Kier molecular flexibility index (Phi) is 5.07. The second-order valence-corrected chi connectivity index (χ2v) is 8.15. The van der Waals surface area contributed by atoms with Crippen LogP contribution in [-0.4, -0.2) is 31.9 Å². The van der Waals surface area contributed by atoms with Gasteiger partial charge in [-0.3, -0.25) is 24.6 Å². The van der Waals surface area contributed by atoms with Gasteiger partial charge >= 0.3 is 5.91 Å². The van der Waals surface area contributed by atoms with Gasteiger partial charge in [0.15, 0.2) is 0 Å². The standard InChI is InChI=1S/C21H16N4O5S/c1-11-3-5-14(6-4-11)18(26)16-17(13-7-9-15(10-8-13)25(29)30)24(20(28)19(16)27)21-23-22-12(2)31-21/h3-10,17,26H,1-2H3. The van der Waals surface area contributed by atoms with Crippen LogP contribution < -0.4 is 4.90 Å². The maximum Gasteiger partial charge on any atom is 0.301 e. The van der Waals surface area contributed by atoms with Gasteiger partial charge in [-0.15, -0.1) is 10.2 Å². The van der Waals surface area contributed by atoms with E-state index in [2.05, 4.69) is 10.2 Å². The van der Waals surface area contributed by atoms with Crippen LogP contribution in [0.4, 0.5) is 10.8 Å². The van der Waals surface area contributed by atoms with E-state index in [4.69, 9.17) is 0 Å². The van der Waals surface area contributed by atoms with Crippen LogP contribution in [0.3, 0.4) is 0 Å². The topological polar surface area (TPSA) is 127 Å². The normalized spacial score (nSPS) is 17.9. The van der Waals surface area contributed by atoms with Crippen molar-refractivity contribution >= 4 is 39.6 Å². The van der Waals surface area contributed by atoms with E-state index in [1.807, 2.05) is 6.92 Å². The molecule has 1 amide bonds. The van der Waals surface area contributed by atoms with Gasteiger partial charge in [0, 0.05) is 17.7 Å². The highest BCUT2D eigenvalue weighted by atomic mass is 32.1. The van der Waals surface area contributed by atoms with Gasteiger partial charge in [-0.1, -0.05) is 41.2 Å². The zero-order valence-corrected chi connectivity index (χ0v) is 17.3. The van der Waals surface area contributed by atoms with Crippen LogP contribution in [0.5, 0.6) is 0 Å². The zero-order valence-electron chi connectivity index (χ0n) is 16.5. The molecular formula is C21H16N4O5S. The number of carbonyl (C=O) groups is 2. The third-order valence-corrected chi connectivity index (χ3v) is 5.75. The van der Waals surface area contributed by atoms with E-state index >= 15 is 0 Å². The Bertz CT molecular complexity index is 1230. The number of anilines is 1. The second-order valence-electron chi connectivity index (χ2n) is 6.99. The highest BCUT2D eigenvalue weighted by Gasteiger charge is 2.48. The van der Waals surface area contributed by atoms with E-state index in [9.17, 15) is 24.8 Å². The number of nitrogens with zero attached hydrogens (tertiary/aromatic N) is 4. The van der Waals surface area contributed by atoms with Crippen LogP contribution >= 0.6 is 11.3 Å². The third-order valence-electron chi connectivity index (χ3n) is 4.91. The summed E-state index contributed by atoms with van der Waals surface area (Å²) >= 11 is 1.13. The van der Waals surface area contributed by atoms with E-state index in [1.165, 1.54) is 29.2 Å². The van der Waals surface area contributed by atoms with Crippen molar-refractivity contribution in [2.45, 2.75) is 19.9 Å². The van der Waals surface area contributed by atoms with Crippen molar-refractivity contribution in [3.05, 3.63) is 85.9 Å². The van der Waals surface area contributed by atoms with Gasteiger partial charge in [-0.25, -0.2) is 0 Å². The minimum atomic E-state index is -1.01. The largest absolute Gasteiger partial charge is 0.507 e. The van der Waals surface area contributed by atoms with Crippen LogP contribution in [-0.2, 0) is 9.59 Å². The van der Waals surface area contributed by atoms with Crippen LogP contribution in [0.25, 0.3) is 5.76 Å². The number of aliphatic hydroxyl groups is 1. The number of nitro groups is 1. The summed E-state index contributed by atoms with van der Waals surface area (Å²) in [6.45, 7) is 3.60. The average molecular weight is 436 g/mol. The summed E-state index contributed by atoms with van der Waals surface area (Å²) in [6, 6.07) is 11.3. The van der Waals surface area contributed by atoms with Gasteiger partial charge in [0.25, 0.3) is 11.5 Å². The first-order chi connectivity index (χ1) is 14.8. The predicted molar refractivity (Wildman–Crippen MR) is 114 cm³/mol. The first kappa shape index (κ1) is 20.4. The Labute approximate surface area is 180 Å². The van der Waals surface area contributed by atoms with Crippen molar-refractivity contribution in [1.82, 2.24) is 10.2 Å². The molecule has 1 saturated heterocycles. The molecule has 1 aliphatic heterocycles. The predicted octanol–water partition coefficient (Wildman–Crippen LogP) is 3.69. The monoisotopic (exact) mass is 436 g/mol. The number of amides is 1. The van der Waals surface area contributed by atoms with E-state index in [0.29, 0.717) is 16.1 Å². The number of aliphatic hydroxyl groups excluding tert-OH is 1. The van der Waals surface area contributed by atoms with Gasteiger partial charge in [0.05, 0.1) is 16.5 Å². The molecule has 0 bridgehead atoms. The van der Waals surface area contributed by atoms with Crippen molar-refractivity contribution in [1.29, 1.82) is 0 Å². The molecule has 0 spiro atoms. The molecule has 0 radical (unpaired) electrons. The molecule has 4 rings (SSSR count). The molecule has 1 fully saturated rings. The lowest BCUT2D eigenvalue weighted by Gasteiger charge is -2.22. The molecule has 31 heavy (non-hydrogen) atoms. The number of hydrogen-bond acceptors (Lipinski definition) is 8. The summed E-state index contributed by atoms with van der Waals surface area (Å²) in [5, 5.41) is 30.7. The molecule has 1 aliphatic rings. The van der Waals surface area contributed by atoms with Crippen molar-refractivity contribution in [3.63, 3.8) is 0 Å². The van der Waals surface area contributed by atoms with E-state index in [1.54, 1.807) is 31.2 Å². The number of aryl methyl sites for hydroxylation is 2. The first-order valence-corrected chi connectivity index (χ1v) is 10.0. The minimum absolute atomic E-state index is 0.115. The average Bonchev–Trinajstić information content (AvgIpc) is 3.29. The fraction of sp³-hybridized carbons (Fsp3) is 0.143. The number of benzene rings is 2. The molecule has 1 atom stereocenters. The maximum absolute atomic E-state index is 13.0. The molecule has 2 heterocycles. The Morgan fingerprint density at radius 2 is 1.71 bits per heavy atom. The Morgan fingerprint density at radius 1 is 1.06 bits per heavy atom. The summed E-state index contributed by atoms with van der Waals surface area (Å²) in [4.78, 5) is 37.6. The summed E-state index contributed by atoms with van der Waals surface area (Å²) < 4.78 is 0. The minimum Gasteiger partial charge on any atom is -0.507 e. The lowest BCUT2D eigenvalue weighted by molar-refractivity contribution is -0.384. The summed E-state index contributed by atoms with van der Waals surface area (Å²) in [5.41, 5.74) is 1.52. The maximum atomic E-state index is 13.0. The number of carbonyl (C=O) groups excluding carboxylic acids is 2. The number of hydrogen-bond donors (Lipinski definition) is 1. The number of ketones is 1. The number of aromatic nitrogens is 2. The summed E-state index contributed by atoms with van der Waals surface area (Å²) in [7, 11) is 0. The molecule has 1 unspecified atom stereocenters. The molecule has 3 aromatic rings. The SMILES string of the molecule is Cc1ccc(C(O)=C2C(=O)C(=O)N(c3nnc(C)s3)C2c2ccc([N+](=O)[O-])cc2)cc1. The quantitative estimate of drug-likeness (QED) is 0.217. The van der Waals surface area contributed by atoms with Crippen LogP contribution in [0.1, 0.15) is 27.7 Å². The lowest BCUT2D eigenvalue weighted by atomic mass is 9.95. The molecular weight excluding hydrogens is 420 g/mol. The van der Waals surface area contributed by atoms with Gasteiger partial charge in [-0.05, 0) is 31.5 Å².